The number of H-pyrrole nitrogens is 1. The minimum absolute atomic E-state index is 0.0308. The molecule has 0 aliphatic heterocycles. The first-order valence-electron chi connectivity index (χ1n) is 12.3. The number of aliphatic hydroxyl groups excluding tert-OH is 1. The zero-order valence-corrected chi connectivity index (χ0v) is 19.7. The quantitative estimate of drug-likeness (QED) is 0.297. The highest BCUT2D eigenvalue weighted by atomic mass is 19.1. The molecule has 0 aromatic carbocycles. The summed E-state index contributed by atoms with van der Waals surface area (Å²) in [6.45, 7) is 0.0869. The number of aliphatic carboxylic acids is 1. The number of carbonyl (C=O) groups is 1. The zero-order chi connectivity index (χ0) is 25.7. The number of aromatic nitrogens is 6. The van der Waals surface area contributed by atoms with Gasteiger partial charge in [0, 0.05) is 34.9 Å². The van der Waals surface area contributed by atoms with Gasteiger partial charge in [-0.2, -0.15) is 5.10 Å². The molecule has 0 amide bonds. The number of fused-ring (bicyclic) bond motifs is 4. The average molecular weight is 510 g/mol. The molecule has 2 bridgehead atoms. The van der Waals surface area contributed by atoms with E-state index in [9.17, 15) is 19.4 Å². The fourth-order valence-corrected chi connectivity index (χ4v) is 5.90. The molecule has 3 aliphatic carbocycles. The summed E-state index contributed by atoms with van der Waals surface area (Å²) in [6.07, 6.45) is 9.12. The summed E-state index contributed by atoms with van der Waals surface area (Å²) in [5, 5.41) is 26.9. The Labute approximate surface area is 209 Å². The number of anilines is 1. The van der Waals surface area contributed by atoms with Gasteiger partial charge in [0.1, 0.15) is 17.2 Å². The lowest BCUT2D eigenvalue weighted by molar-refractivity contribution is -0.148. The predicted octanol–water partition coefficient (Wildman–Crippen LogP) is 3.46. The second kappa shape index (κ2) is 9.18. The summed E-state index contributed by atoms with van der Waals surface area (Å²) in [5.74, 6) is -2.69. The van der Waals surface area contributed by atoms with E-state index < -0.39 is 29.6 Å². The third kappa shape index (κ3) is 4.10. The number of nitrogens with one attached hydrogen (secondary N) is 2. The lowest BCUT2D eigenvalue weighted by Crippen LogP contribution is -2.51. The number of aromatic amines is 1. The van der Waals surface area contributed by atoms with Crippen LogP contribution in [0.2, 0.25) is 0 Å². The molecule has 37 heavy (non-hydrogen) atoms. The highest BCUT2D eigenvalue weighted by molar-refractivity contribution is 5.92. The van der Waals surface area contributed by atoms with Crippen LogP contribution in [0.3, 0.4) is 0 Å². The van der Waals surface area contributed by atoms with Crippen LogP contribution < -0.4 is 5.32 Å². The van der Waals surface area contributed by atoms with Gasteiger partial charge in [0.25, 0.3) is 0 Å². The van der Waals surface area contributed by atoms with E-state index in [2.05, 4.69) is 30.4 Å². The third-order valence-electron chi connectivity index (χ3n) is 7.63. The number of hydrogen-bond acceptors (Lipinski definition) is 7. The SMILES string of the molecule is O=C(O)C1C2CCC(CC2)C1Nc1nc(-c2c[nH]c3ncc(F)cc23)nc(-c2cnn(CCO)c2)c1F. The Morgan fingerprint density at radius 3 is 2.70 bits per heavy atom. The largest absolute Gasteiger partial charge is 0.481 e. The zero-order valence-electron chi connectivity index (χ0n) is 19.7. The predicted molar refractivity (Wildman–Crippen MR) is 129 cm³/mol. The van der Waals surface area contributed by atoms with Crippen molar-refractivity contribution >= 4 is 22.8 Å². The minimum Gasteiger partial charge on any atom is -0.481 e. The lowest BCUT2D eigenvalue weighted by Gasteiger charge is -2.47. The first-order chi connectivity index (χ1) is 17.9. The van der Waals surface area contributed by atoms with Gasteiger partial charge in [-0.15, -0.1) is 0 Å². The number of pyridine rings is 1. The standard InChI is InChI=1S/C25H25F2N7O3/c26-15-7-16-17(10-29-22(16)28-9-15)23-32-21(14-8-30-34(11-14)5-6-35)19(27)24(33-23)31-20-13-3-1-12(2-4-13)18(20)25(36)37/h7-13,18,20,35H,1-6H2,(H,28,29)(H,36,37)(H,31,32,33). The van der Waals surface area contributed by atoms with Crippen molar-refractivity contribution in [2.24, 2.45) is 17.8 Å². The summed E-state index contributed by atoms with van der Waals surface area (Å²) in [4.78, 5) is 28.1. The van der Waals surface area contributed by atoms with Crippen LogP contribution in [0.5, 0.6) is 0 Å². The highest BCUT2D eigenvalue weighted by Crippen LogP contribution is 2.46. The molecule has 4 aromatic rings. The smallest absolute Gasteiger partial charge is 0.308 e. The van der Waals surface area contributed by atoms with Gasteiger partial charge in [-0.3, -0.25) is 9.48 Å². The third-order valence-corrected chi connectivity index (χ3v) is 7.63. The monoisotopic (exact) mass is 509 g/mol. The lowest BCUT2D eigenvalue weighted by atomic mass is 9.61. The van der Waals surface area contributed by atoms with E-state index in [-0.39, 0.29) is 42.3 Å². The van der Waals surface area contributed by atoms with Gasteiger partial charge in [-0.1, -0.05) is 0 Å². The van der Waals surface area contributed by atoms with Gasteiger partial charge < -0.3 is 20.5 Å². The summed E-state index contributed by atoms with van der Waals surface area (Å²) < 4.78 is 31.5. The molecule has 0 saturated heterocycles. The fraction of sp³-hybridized carbons (Fsp3) is 0.400. The Kier molecular flexibility index (Phi) is 5.82. The first-order valence-corrected chi connectivity index (χ1v) is 12.3. The van der Waals surface area contributed by atoms with Crippen molar-refractivity contribution in [3.63, 3.8) is 0 Å². The van der Waals surface area contributed by atoms with Crippen LogP contribution in [0.1, 0.15) is 25.7 Å². The number of carboxylic acids is 1. The van der Waals surface area contributed by atoms with Gasteiger partial charge in [-0.05, 0) is 43.6 Å². The minimum atomic E-state index is -0.898. The fourth-order valence-electron chi connectivity index (χ4n) is 5.90. The molecule has 10 nitrogen and oxygen atoms in total. The Hall–Kier alpha value is -3.93. The Balaban J connectivity index is 1.48. The molecule has 4 N–H and O–H groups in total. The van der Waals surface area contributed by atoms with E-state index in [1.807, 2.05) is 0 Å². The second-order valence-corrected chi connectivity index (χ2v) is 9.74. The van der Waals surface area contributed by atoms with Crippen LogP contribution in [-0.4, -0.2) is 58.5 Å². The Morgan fingerprint density at radius 2 is 1.95 bits per heavy atom. The molecule has 3 saturated carbocycles. The van der Waals surface area contributed by atoms with Crippen LogP contribution in [0, 0.1) is 29.4 Å². The van der Waals surface area contributed by atoms with Gasteiger partial charge >= 0.3 is 5.97 Å². The van der Waals surface area contributed by atoms with Crippen LogP contribution in [0.15, 0.2) is 30.9 Å². The molecule has 2 atom stereocenters. The number of rotatable bonds is 7. The number of hydrogen-bond donors (Lipinski definition) is 4. The highest BCUT2D eigenvalue weighted by Gasteiger charge is 2.47. The molecular formula is C25H25F2N7O3. The van der Waals surface area contributed by atoms with Crippen molar-refractivity contribution in [3.8, 4) is 22.6 Å². The van der Waals surface area contributed by atoms with E-state index in [4.69, 9.17) is 0 Å². The molecule has 192 valence electrons. The van der Waals surface area contributed by atoms with Crippen LogP contribution >= 0.6 is 0 Å². The van der Waals surface area contributed by atoms with Crippen molar-refractivity contribution in [2.45, 2.75) is 38.3 Å². The molecule has 0 spiro atoms. The molecule has 4 heterocycles. The maximum absolute atomic E-state index is 16.0. The maximum Gasteiger partial charge on any atom is 0.308 e. The summed E-state index contributed by atoms with van der Waals surface area (Å²) in [5.41, 5.74) is 1.17. The normalized spacial score (nSPS) is 23.0. The maximum atomic E-state index is 16.0. The van der Waals surface area contributed by atoms with E-state index in [1.165, 1.54) is 16.9 Å². The molecule has 3 fully saturated rings. The number of aliphatic hydroxyl groups is 1. The van der Waals surface area contributed by atoms with Crippen LogP contribution in [0.4, 0.5) is 14.6 Å². The molecule has 2 unspecified atom stereocenters. The van der Waals surface area contributed by atoms with Crippen molar-refractivity contribution in [2.75, 3.05) is 11.9 Å². The van der Waals surface area contributed by atoms with Crippen LogP contribution in [-0.2, 0) is 11.3 Å². The molecule has 12 heteroatoms. The molecule has 3 aliphatic rings. The van der Waals surface area contributed by atoms with Gasteiger partial charge in [-0.25, -0.2) is 23.7 Å². The second-order valence-electron chi connectivity index (χ2n) is 9.74. The van der Waals surface area contributed by atoms with E-state index in [0.717, 1.165) is 31.9 Å². The van der Waals surface area contributed by atoms with Gasteiger partial charge in [0.2, 0.25) is 0 Å². The van der Waals surface area contributed by atoms with Crippen molar-refractivity contribution in [3.05, 3.63) is 42.5 Å². The number of carboxylic acid groups (broad SMARTS) is 1. The Morgan fingerprint density at radius 1 is 1.16 bits per heavy atom. The topological polar surface area (TPSA) is 142 Å². The molecule has 4 aromatic heterocycles. The van der Waals surface area contributed by atoms with E-state index in [0.29, 0.717) is 22.2 Å². The van der Waals surface area contributed by atoms with Gasteiger partial charge in [0.15, 0.2) is 17.5 Å². The van der Waals surface area contributed by atoms with Crippen molar-refractivity contribution < 1.29 is 23.8 Å². The van der Waals surface area contributed by atoms with Gasteiger partial charge in [0.05, 0.1) is 31.5 Å². The molecular weight excluding hydrogens is 484 g/mol. The number of nitrogens with zero attached hydrogens (tertiary/aromatic N) is 5. The van der Waals surface area contributed by atoms with Crippen molar-refractivity contribution in [1.82, 2.24) is 29.7 Å². The summed E-state index contributed by atoms with van der Waals surface area (Å²) >= 11 is 0. The Bertz CT molecular complexity index is 1480. The van der Waals surface area contributed by atoms with Crippen molar-refractivity contribution in [1.29, 1.82) is 0 Å². The molecule has 7 rings (SSSR count). The average Bonchev–Trinajstić information content (AvgIpc) is 3.53. The summed E-state index contributed by atoms with van der Waals surface area (Å²) in [7, 11) is 0. The van der Waals surface area contributed by atoms with Crippen LogP contribution in [0.25, 0.3) is 33.7 Å². The summed E-state index contributed by atoms with van der Waals surface area (Å²) in [6, 6.07) is 0.822. The molecule has 0 radical (unpaired) electrons. The van der Waals surface area contributed by atoms with E-state index in [1.54, 1.807) is 12.4 Å². The number of halogens is 2. The van der Waals surface area contributed by atoms with E-state index >= 15 is 4.39 Å². The first kappa shape index (κ1) is 23.5.